The highest BCUT2D eigenvalue weighted by Gasteiger charge is 2.35. The van der Waals surface area contributed by atoms with Gasteiger partial charge in [-0.25, -0.2) is 0 Å². The first-order chi connectivity index (χ1) is 13.8. The zero-order valence-corrected chi connectivity index (χ0v) is 18.2. The lowest BCUT2D eigenvalue weighted by atomic mass is 9.84. The number of amides is 1. The summed E-state index contributed by atoms with van der Waals surface area (Å²) in [5, 5.41) is 10.8. The molecule has 2 aromatic rings. The lowest BCUT2D eigenvalue weighted by Crippen LogP contribution is -2.41. The van der Waals surface area contributed by atoms with E-state index in [0.29, 0.717) is 25.6 Å². The maximum absolute atomic E-state index is 12.9. The third-order valence-electron chi connectivity index (χ3n) is 5.63. The Bertz CT molecular complexity index is 811. The molecule has 6 heteroatoms. The third-order valence-corrected chi connectivity index (χ3v) is 5.63. The summed E-state index contributed by atoms with van der Waals surface area (Å²) in [7, 11) is 1.91. The molecule has 0 unspecified atom stereocenters. The molecule has 0 spiro atoms. The quantitative estimate of drug-likeness (QED) is 0.718. The van der Waals surface area contributed by atoms with E-state index in [-0.39, 0.29) is 23.2 Å². The largest absolute Gasteiger partial charge is 0.493 e. The summed E-state index contributed by atoms with van der Waals surface area (Å²) in [6.07, 6.45) is 3.87. The lowest BCUT2D eigenvalue weighted by molar-refractivity contribution is -0.125. The van der Waals surface area contributed by atoms with Gasteiger partial charge in [-0.1, -0.05) is 39.8 Å². The molecule has 1 aliphatic rings. The lowest BCUT2D eigenvalue weighted by Gasteiger charge is -2.27. The van der Waals surface area contributed by atoms with Crippen LogP contribution in [-0.2, 0) is 17.3 Å². The zero-order valence-electron chi connectivity index (χ0n) is 18.2. The average Bonchev–Trinajstić information content (AvgIpc) is 3.33. The van der Waals surface area contributed by atoms with Gasteiger partial charge in [-0.3, -0.25) is 9.48 Å². The molecule has 1 aromatic carbocycles. The minimum absolute atomic E-state index is 0.0678. The smallest absolute Gasteiger partial charge is 0.225 e. The van der Waals surface area contributed by atoms with Crippen LogP contribution in [0.2, 0.25) is 0 Å². The molecule has 0 bridgehead atoms. The highest BCUT2D eigenvalue weighted by Crippen LogP contribution is 2.29. The molecule has 2 N–H and O–H groups in total. The van der Waals surface area contributed by atoms with Crippen molar-refractivity contribution in [3.05, 3.63) is 47.8 Å². The second-order valence-corrected chi connectivity index (χ2v) is 9.15. The van der Waals surface area contributed by atoms with Gasteiger partial charge in [0.05, 0.1) is 18.7 Å². The molecule has 6 nitrogen and oxygen atoms in total. The van der Waals surface area contributed by atoms with Crippen molar-refractivity contribution >= 4 is 5.91 Å². The fraction of sp³-hybridized carbons (Fsp3) is 0.565. The van der Waals surface area contributed by atoms with Crippen LogP contribution in [0.4, 0.5) is 0 Å². The van der Waals surface area contributed by atoms with Crippen molar-refractivity contribution in [2.24, 2.45) is 18.9 Å². The summed E-state index contributed by atoms with van der Waals surface area (Å²) >= 11 is 0. The van der Waals surface area contributed by atoms with E-state index >= 15 is 0 Å². The van der Waals surface area contributed by atoms with Crippen molar-refractivity contribution in [3.8, 4) is 5.75 Å². The summed E-state index contributed by atoms with van der Waals surface area (Å²) in [6.45, 7) is 11.4. The van der Waals surface area contributed by atoms with E-state index in [1.807, 2.05) is 31.6 Å². The van der Waals surface area contributed by atoms with E-state index in [4.69, 9.17) is 4.74 Å². The van der Waals surface area contributed by atoms with E-state index in [9.17, 15) is 4.79 Å². The number of nitrogens with one attached hydrogen (secondary N) is 2. The molecule has 1 aromatic heterocycles. The topological polar surface area (TPSA) is 68.2 Å². The number of hydrogen-bond acceptors (Lipinski definition) is 4. The molecule has 1 fully saturated rings. The number of aromatic nitrogens is 2. The average molecular weight is 399 g/mol. The molecule has 3 rings (SSSR count). The molecule has 1 amide bonds. The highest BCUT2D eigenvalue weighted by molar-refractivity contribution is 5.80. The minimum Gasteiger partial charge on any atom is -0.493 e. The molecular weight excluding hydrogens is 364 g/mol. The molecule has 1 aliphatic heterocycles. The fourth-order valence-corrected chi connectivity index (χ4v) is 3.74. The molecular formula is C23H34N4O2. The Morgan fingerprint density at radius 2 is 2.03 bits per heavy atom. The number of hydrogen-bond donors (Lipinski definition) is 2. The Morgan fingerprint density at radius 3 is 2.66 bits per heavy atom. The van der Waals surface area contributed by atoms with Gasteiger partial charge in [0, 0.05) is 44.2 Å². The SMILES string of the molecule is CC(C)COc1ccc(C(C)(C)CNC(=O)[C@H]2CNC[C@@H]2c2cnn(C)c2)cc1. The Labute approximate surface area is 174 Å². The summed E-state index contributed by atoms with van der Waals surface area (Å²) < 4.78 is 7.56. The van der Waals surface area contributed by atoms with Crippen LogP contribution in [0.5, 0.6) is 5.75 Å². The Balaban J connectivity index is 1.58. The maximum Gasteiger partial charge on any atom is 0.225 e. The van der Waals surface area contributed by atoms with E-state index in [2.05, 4.69) is 55.6 Å². The zero-order chi connectivity index (χ0) is 21.0. The van der Waals surface area contributed by atoms with Crippen LogP contribution in [0, 0.1) is 11.8 Å². The predicted molar refractivity (Wildman–Crippen MR) is 115 cm³/mol. The number of ether oxygens (including phenoxy) is 1. The third kappa shape index (κ3) is 5.38. The summed E-state index contributed by atoms with van der Waals surface area (Å²) in [5.41, 5.74) is 2.14. The number of benzene rings is 1. The van der Waals surface area contributed by atoms with Crippen molar-refractivity contribution in [2.45, 2.75) is 39.0 Å². The first kappa shape index (κ1) is 21.4. The van der Waals surface area contributed by atoms with Crippen molar-refractivity contribution in [3.63, 3.8) is 0 Å². The van der Waals surface area contributed by atoms with Crippen LogP contribution < -0.4 is 15.4 Å². The van der Waals surface area contributed by atoms with Gasteiger partial charge in [0.1, 0.15) is 5.75 Å². The van der Waals surface area contributed by atoms with E-state index < -0.39 is 0 Å². The van der Waals surface area contributed by atoms with Crippen molar-refractivity contribution in [1.82, 2.24) is 20.4 Å². The van der Waals surface area contributed by atoms with Crippen LogP contribution >= 0.6 is 0 Å². The predicted octanol–water partition coefficient (Wildman–Crippen LogP) is 2.85. The summed E-state index contributed by atoms with van der Waals surface area (Å²) in [6, 6.07) is 8.22. The van der Waals surface area contributed by atoms with Crippen LogP contribution in [0.3, 0.4) is 0 Å². The van der Waals surface area contributed by atoms with Gasteiger partial charge in [-0.15, -0.1) is 0 Å². The normalized spacial score (nSPS) is 19.5. The van der Waals surface area contributed by atoms with E-state index in [1.54, 1.807) is 4.68 Å². The summed E-state index contributed by atoms with van der Waals surface area (Å²) in [5.74, 6) is 1.60. The van der Waals surface area contributed by atoms with Crippen LogP contribution in [0.1, 0.15) is 44.7 Å². The van der Waals surface area contributed by atoms with Crippen LogP contribution in [0.15, 0.2) is 36.7 Å². The second kappa shape index (κ2) is 8.99. The van der Waals surface area contributed by atoms with Gasteiger partial charge in [-0.05, 0) is 29.2 Å². The molecule has 29 heavy (non-hydrogen) atoms. The van der Waals surface area contributed by atoms with Crippen molar-refractivity contribution in [1.29, 1.82) is 0 Å². The maximum atomic E-state index is 12.9. The van der Waals surface area contributed by atoms with Gasteiger partial charge in [0.2, 0.25) is 5.91 Å². The Hall–Kier alpha value is -2.34. The van der Waals surface area contributed by atoms with E-state index in [1.165, 1.54) is 5.56 Å². The van der Waals surface area contributed by atoms with E-state index in [0.717, 1.165) is 17.9 Å². The molecule has 0 saturated carbocycles. The highest BCUT2D eigenvalue weighted by atomic mass is 16.5. The Morgan fingerprint density at radius 1 is 1.31 bits per heavy atom. The van der Waals surface area contributed by atoms with Gasteiger partial charge >= 0.3 is 0 Å². The van der Waals surface area contributed by atoms with Crippen LogP contribution in [0.25, 0.3) is 0 Å². The molecule has 2 atom stereocenters. The second-order valence-electron chi connectivity index (χ2n) is 9.15. The van der Waals surface area contributed by atoms with Gasteiger partial charge < -0.3 is 15.4 Å². The fourth-order valence-electron chi connectivity index (χ4n) is 3.74. The minimum atomic E-state index is -0.165. The molecule has 2 heterocycles. The molecule has 158 valence electrons. The standard InChI is InChI=1S/C23H34N4O2/c1-16(2)14-29-19-8-6-18(7-9-19)23(3,4)15-25-22(28)21-12-24-11-20(21)17-10-26-27(5)13-17/h6-10,13,16,20-21,24H,11-12,14-15H2,1-5H3,(H,25,28)/t20-,21+/m1/s1. The van der Waals surface area contributed by atoms with Gasteiger partial charge in [0.15, 0.2) is 0 Å². The molecule has 0 aliphatic carbocycles. The molecule has 0 radical (unpaired) electrons. The first-order valence-electron chi connectivity index (χ1n) is 10.5. The molecule has 1 saturated heterocycles. The summed E-state index contributed by atoms with van der Waals surface area (Å²) in [4.78, 5) is 12.9. The number of rotatable bonds is 8. The van der Waals surface area contributed by atoms with Gasteiger partial charge in [0.25, 0.3) is 0 Å². The number of aryl methyl sites for hydroxylation is 1. The first-order valence-corrected chi connectivity index (χ1v) is 10.5. The monoisotopic (exact) mass is 398 g/mol. The number of carbonyl (C=O) groups excluding carboxylic acids is 1. The van der Waals surface area contributed by atoms with Crippen molar-refractivity contribution < 1.29 is 9.53 Å². The van der Waals surface area contributed by atoms with Gasteiger partial charge in [-0.2, -0.15) is 5.10 Å². The Kier molecular flexibility index (Phi) is 6.63. The number of carbonyl (C=O) groups is 1. The van der Waals surface area contributed by atoms with Crippen molar-refractivity contribution in [2.75, 3.05) is 26.2 Å². The van der Waals surface area contributed by atoms with Crippen LogP contribution in [-0.4, -0.2) is 41.9 Å². The number of nitrogens with zero attached hydrogens (tertiary/aromatic N) is 2.